The van der Waals surface area contributed by atoms with E-state index in [-0.39, 0.29) is 18.1 Å². The first kappa shape index (κ1) is 21.1. The number of benzene rings is 1. The summed E-state index contributed by atoms with van der Waals surface area (Å²) in [5.74, 6) is 0.573. The molecule has 5 rings (SSSR count). The molecule has 0 fully saturated rings. The van der Waals surface area contributed by atoms with Gasteiger partial charge in [0.05, 0.1) is 12.1 Å². The molecule has 3 aromatic heterocycles. The number of imidazole rings is 1. The first-order valence-corrected chi connectivity index (χ1v) is 10.9. The molecule has 0 atom stereocenters. The number of carbonyl (C=O) groups is 1. The number of aromatic nitrogens is 4. The Morgan fingerprint density at radius 3 is 2.64 bits per heavy atom. The van der Waals surface area contributed by atoms with Crippen LogP contribution in [-0.4, -0.2) is 31.8 Å². The first-order chi connectivity index (χ1) is 15.8. The van der Waals surface area contributed by atoms with Crippen LogP contribution in [-0.2, 0) is 17.6 Å². The van der Waals surface area contributed by atoms with Crippen molar-refractivity contribution in [2.75, 3.05) is 17.2 Å². The smallest absolute Gasteiger partial charge is 0.233 e. The van der Waals surface area contributed by atoms with E-state index in [1.165, 1.54) is 0 Å². The fraction of sp³-hybridized carbons (Fsp3) is 0.280. The lowest BCUT2D eigenvalue weighted by Gasteiger charge is -2.18. The standard InChI is InChI=1S/C25H25FN6O/c1-13-6-5-7-17(28-13)12-21(33)31-11-10-18-20(31)9-8-19(22(18)26)23-24-25(27)29-14(2)15(3)32(24)16(4)30-23/h5-9H,10-12H2,1-4H3,(H2,27,29). The molecule has 0 saturated carbocycles. The van der Waals surface area contributed by atoms with Crippen molar-refractivity contribution in [3.63, 3.8) is 0 Å². The van der Waals surface area contributed by atoms with Crippen LogP contribution in [0.5, 0.6) is 0 Å². The quantitative estimate of drug-likeness (QED) is 0.518. The van der Waals surface area contributed by atoms with E-state index >= 15 is 4.39 Å². The first-order valence-electron chi connectivity index (χ1n) is 10.9. The van der Waals surface area contributed by atoms with Gasteiger partial charge in [-0.1, -0.05) is 6.07 Å². The van der Waals surface area contributed by atoms with E-state index in [1.807, 2.05) is 50.3 Å². The maximum Gasteiger partial charge on any atom is 0.233 e. The molecule has 4 aromatic rings. The Hall–Kier alpha value is -3.81. The van der Waals surface area contributed by atoms with Crippen molar-refractivity contribution in [1.29, 1.82) is 0 Å². The van der Waals surface area contributed by atoms with E-state index in [0.29, 0.717) is 52.5 Å². The monoisotopic (exact) mass is 444 g/mol. The van der Waals surface area contributed by atoms with Gasteiger partial charge in [0, 0.05) is 40.4 Å². The van der Waals surface area contributed by atoms with E-state index in [9.17, 15) is 4.79 Å². The zero-order valence-electron chi connectivity index (χ0n) is 19.1. The van der Waals surface area contributed by atoms with Gasteiger partial charge in [0.25, 0.3) is 0 Å². The Labute approximate surface area is 191 Å². The van der Waals surface area contributed by atoms with Gasteiger partial charge >= 0.3 is 0 Å². The van der Waals surface area contributed by atoms with Gasteiger partial charge < -0.3 is 10.6 Å². The molecule has 0 bridgehead atoms. The Morgan fingerprint density at radius 1 is 1.09 bits per heavy atom. The molecule has 8 heteroatoms. The van der Waals surface area contributed by atoms with E-state index in [2.05, 4.69) is 15.0 Å². The molecule has 0 radical (unpaired) electrons. The lowest BCUT2D eigenvalue weighted by Crippen LogP contribution is -2.30. The number of anilines is 2. The van der Waals surface area contributed by atoms with E-state index in [4.69, 9.17) is 5.73 Å². The van der Waals surface area contributed by atoms with Crippen LogP contribution < -0.4 is 10.6 Å². The van der Waals surface area contributed by atoms with Gasteiger partial charge in [-0.2, -0.15) is 0 Å². The van der Waals surface area contributed by atoms with E-state index in [0.717, 1.165) is 22.9 Å². The summed E-state index contributed by atoms with van der Waals surface area (Å²) in [6, 6.07) is 9.09. The lowest BCUT2D eigenvalue weighted by atomic mass is 10.0. The van der Waals surface area contributed by atoms with Crippen LogP contribution in [0.1, 0.15) is 34.2 Å². The number of hydrogen-bond acceptors (Lipinski definition) is 5. The van der Waals surface area contributed by atoms with E-state index in [1.54, 1.807) is 17.0 Å². The van der Waals surface area contributed by atoms with Crippen LogP contribution in [0.3, 0.4) is 0 Å². The van der Waals surface area contributed by atoms with Gasteiger partial charge in [-0.05, 0) is 58.4 Å². The highest BCUT2D eigenvalue weighted by Crippen LogP contribution is 2.38. The maximum atomic E-state index is 15.8. The summed E-state index contributed by atoms with van der Waals surface area (Å²) in [5, 5.41) is 0. The van der Waals surface area contributed by atoms with Crippen LogP contribution in [0, 0.1) is 33.5 Å². The minimum absolute atomic E-state index is 0.0955. The number of nitrogens with two attached hydrogens (primary N) is 1. The molecule has 4 heterocycles. The average molecular weight is 445 g/mol. The number of fused-ring (bicyclic) bond motifs is 2. The predicted molar refractivity (Wildman–Crippen MR) is 126 cm³/mol. The summed E-state index contributed by atoms with van der Waals surface area (Å²) in [7, 11) is 0. The molecule has 168 valence electrons. The molecule has 7 nitrogen and oxygen atoms in total. The summed E-state index contributed by atoms with van der Waals surface area (Å²) in [6.45, 7) is 8.03. The highest BCUT2D eigenvalue weighted by atomic mass is 19.1. The number of halogens is 1. The summed E-state index contributed by atoms with van der Waals surface area (Å²) in [5.41, 5.74) is 12.1. The fourth-order valence-corrected chi connectivity index (χ4v) is 4.68. The second-order valence-electron chi connectivity index (χ2n) is 8.53. The summed E-state index contributed by atoms with van der Waals surface area (Å²) in [6.07, 6.45) is 0.620. The Bertz CT molecular complexity index is 1440. The molecule has 1 aromatic carbocycles. The molecule has 1 aliphatic heterocycles. The summed E-state index contributed by atoms with van der Waals surface area (Å²) < 4.78 is 17.7. The SMILES string of the molecule is Cc1cccc(CC(=O)N2CCc3c2ccc(-c2nc(C)n4c(C)c(C)nc(N)c24)c3F)n1. The lowest BCUT2D eigenvalue weighted by molar-refractivity contribution is -0.117. The summed E-state index contributed by atoms with van der Waals surface area (Å²) >= 11 is 0. The van der Waals surface area contributed by atoms with Crippen molar-refractivity contribution in [2.24, 2.45) is 0 Å². The molecule has 1 amide bonds. The van der Waals surface area contributed by atoms with Gasteiger partial charge in [-0.15, -0.1) is 0 Å². The van der Waals surface area contributed by atoms with Crippen LogP contribution in [0.4, 0.5) is 15.9 Å². The molecular weight excluding hydrogens is 419 g/mol. The van der Waals surface area contributed by atoms with Crippen LogP contribution in [0.15, 0.2) is 30.3 Å². The van der Waals surface area contributed by atoms with Crippen molar-refractivity contribution >= 4 is 22.9 Å². The molecule has 0 unspecified atom stereocenters. The zero-order valence-corrected chi connectivity index (χ0v) is 19.1. The van der Waals surface area contributed by atoms with Gasteiger partial charge in [0.2, 0.25) is 5.91 Å². The number of rotatable bonds is 3. The maximum absolute atomic E-state index is 15.8. The second-order valence-corrected chi connectivity index (χ2v) is 8.53. The Kier molecular flexibility index (Phi) is 4.88. The van der Waals surface area contributed by atoms with Gasteiger partial charge in [-0.25, -0.2) is 14.4 Å². The van der Waals surface area contributed by atoms with Gasteiger partial charge in [-0.3, -0.25) is 14.2 Å². The molecule has 0 aliphatic carbocycles. The summed E-state index contributed by atoms with van der Waals surface area (Å²) in [4.78, 5) is 28.1. The van der Waals surface area contributed by atoms with Crippen molar-refractivity contribution in [3.05, 3.63) is 70.3 Å². The largest absolute Gasteiger partial charge is 0.382 e. The zero-order chi connectivity index (χ0) is 23.4. The second kappa shape index (κ2) is 7.65. The predicted octanol–water partition coefficient (Wildman–Crippen LogP) is 3.88. The molecule has 33 heavy (non-hydrogen) atoms. The minimum atomic E-state index is -0.367. The Morgan fingerprint density at radius 2 is 1.88 bits per heavy atom. The van der Waals surface area contributed by atoms with Gasteiger partial charge in [0.1, 0.15) is 28.7 Å². The topological polar surface area (TPSA) is 89.4 Å². The molecular formula is C25H25FN6O. The van der Waals surface area contributed by atoms with Crippen molar-refractivity contribution < 1.29 is 9.18 Å². The Balaban J connectivity index is 1.55. The average Bonchev–Trinajstić information content (AvgIpc) is 3.35. The number of pyridine rings is 1. The third kappa shape index (κ3) is 3.33. The third-order valence-corrected chi connectivity index (χ3v) is 6.36. The number of nitrogens with zero attached hydrogens (tertiary/aromatic N) is 5. The number of hydrogen-bond donors (Lipinski definition) is 1. The highest BCUT2D eigenvalue weighted by Gasteiger charge is 2.30. The van der Waals surface area contributed by atoms with Crippen LogP contribution >= 0.6 is 0 Å². The normalized spacial score (nSPS) is 13.1. The fourth-order valence-electron chi connectivity index (χ4n) is 4.68. The number of nitrogen functional groups attached to an aromatic ring is 1. The van der Waals surface area contributed by atoms with Crippen molar-refractivity contribution in [2.45, 2.75) is 40.5 Å². The molecule has 2 N–H and O–H groups in total. The highest BCUT2D eigenvalue weighted by molar-refractivity contribution is 5.97. The number of carbonyl (C=O) groups excluding carboxylic acids is 1. The van der Waals surface area contributed by atoms with Gasteiger partial charge in [0.15, 0.2) is 0 Å². The minimum Gasteiger partial charge on any atom is -0.382 e. The molecule has 1 aliphatic rings. The van der Waals surface area contributed by atoms with Crippen molar-refractivity contribution in [1.82, 2.24) is 19.4 Å². The van der Waals surface area contributed by atoms with Crippen LogP contribution in [0.2, 0.25) is 0 Å². The molecule has 0 spiro atoms. The van der Waals surface area contributed by atoms with E-state index < -0.39 is 0 Å². The van der Waals surface area contributed by atoms with Crippen molar-refractivity contribution in [3.8, 4) is 11.3 Å². The van der Waals surface area contributed by atoms with Crippen LogP contribution in [0.25, 0.3) is 16.8 Å². The number of amides is 1. The number of aryl methyl sites for hydroxylation is 4. The molecule has 0 saturated heterocycles. The third-order valence-electron chi connectivity index (χ3n) is 6.36.